The number of benzene rings is 2. The summed E-state index contributed by atoms with van der Waals surface area (Å²) in [5.41, 5.74) is 8.06. The summed E-state index contributed by atoms with van der Waals surface area (Å²) >= 11 is 0. The lowest BCUT2D eigenvalue weighted by Crippen LogP contribution is -2.40. The average molecular weight is 327 g/mol. The third-order valence-electron chi connectivity index (χ3n) is 3.39. The maximum atomic E-state index is 5.88. The fourth-order valence-electron chi connectivity index (χ4n) is 2.24. The number of aliphatic imine (C=N–C) groups is 1. The summed E-state index contributed by atoms with van der Waals surface area (Å²) < 4.78 is 10.9. The lowest BCUT2D eigenvalue weighted by atomic mass is 10.2. The highest BCUT2D eigenvalue weighted by atomic mass is 16.5. The van der Waals surface area contributed by atoms with Crippen molar-refractivity contribution in [2.24, 2.45) is 10.7 Å². The van der Waals surface area contributed by atoms with Crippen molar-refractivity contribution in [2.75, 3.05) is 13.7 Å². The lowest BCUT2D eigenvalue weighted by molar-refractivity contribution is 0.179. The highest BCUT2D eigenvalue weighted by Gasteiger charge is 2.02. The van der Waals surface area contributed by atoms with Crippen molar-refractivity contribution in [2.45, 2.75) is 26.1 Å². The molecule has 0 heterocycles. The zero-order chi connectivity index (χ0) is 17.2. The van der Waals surface area contributed by atoms with Crippen molar-refractivity contribution in [3.63, 3.8) is 0 Å². The van der Waals surface area contributed by atoms with Crippen LogP contribution in [0.5, 0.6) is 5.75 Å². The Kier molecular flexibility index (Phi) is 7.11. The van der Waals surface area contributed by atoms with Crippen LogP contribution in [0.15, 0.2) is 59.6 Å². The molecule has 0 aliphatic heterocycles. The summed E-state index contributed by atoms with van der Waals surface area (Å²) in [5, 5.41) is 3.08. The minimum absolute atomic E-state index is 0.124. The van der Waals surface area contributed by atoms with Crippen LogP contribution in [-0.4, -0.2) is 25.7 Å². The molecular formula is C19H25N3O2. The molecule has 0 saturated carbocycles. The number of guanidine groups is 1. The van der Waals surface area contributed by atoms with E-state index in [1.807, 2.05) is 61.5 Å². The monoisotopic (exact) mass is 327 g/mol. The van der Waals surface area contributed by atoms with Crippen LogP contribution < -0.4 is 15.8 Å². The Bertz CT molecular complexity index is 644. The van der Waals surface area contributed by atoms with Gasteiger partial charge in [-0.1, -0.05) is 42.5 Å². The van der Waals surface area contributed by atoms with Gasteiger partial charge in [0.25, 0.3) is 0 Å². The van der Waals surface area contributed by atoms with Crippen LogP contribution in [0.2, 0.25) is 0 Å². The standard InChI is InChI=1S/C19H25N3O2/c1-15(13-23-2)22-19(20)21-12-17-9-6-10-18(11-17)24-14-16-7-4-3-5-8-16/h3-11,15H,12-14H2,1-2H3,(H3,20,21,22). The number of nitrogens with one attached hydrogen (secondary N) is 1. The van der Waals surface area contributed by atoms with E-state index in [1.165, 1.54) is 0 Å². The summed E-state index contributed by atoms with van der Waals surface area (Å²) in [6.07, 6.45) is 0. The molecule has 1 unspecified atom stereocenters. The van der Waals surface area contributed by atoms with Crippen molar-refractivity contribution in [1.82, 2.24) is 5.32 Å². The van der Waals surface area contributed by atoms with Crippen LogP contribution in [0.3, 0.4) is 0 Å². The van der Waals surface area contributed by atoms with E-state index in [0.717, 1.165) is 16.9 Å². The van der Waals surface area contributed by atoms with Crippen LogP contribution in [0.25, 0.3) is 0 Å². The van der Waals surface area contributed by atoms with Crippen LogP contribution in [-0.2, 0) is 17.9 Å². The van der Waals surface area contributed by atoms with Crippen LogP contribution >= 0.6 is 0 Å². The highest BCUT2D eigenvalue weighted by Crippen LogP contribution is 2.15. The first kappa shape index (κ1) is 17.8. The van der Waals surface area contributed by atoms with E-state index in [4.69, 9.17) is 15.2 Å². The topological polar surface area (TPSA) is 68.9 Å². The molecule has 1 atom stereocenters. The molecule has 2 aromatic carbocycles. The number of nitrogens with zero attached hydrogens (tertiary/aromatic N) is 1. The summed E-state index contributed by atoms with van der Waals surface area (Å²) in [5.74, 6) is 1.24. The summed E-state index contributed by atoms with van der Waals surface area (Å²) in [6.45, 7) is 3.62. The molecule has 3 N–H and O–H groups in total. The lowest BCUT2D eigenvalue weighted by Gasteiger charge is -2.13. The van der Waals surface area contributed by atoms with Crippen LogP contribution in [0.4, 0.5) is 0 Å². The zero-order valence-corrected chi connectivity index (χ0v) is 14.2. The first-order chi connectivity index (χ1) is 11.7. The van der Waals surface area contributed by atoms with Crippen molar-refractivity contribution in [1.29, 1.82) is 0 Å². The quantitative estimate of drug-likeness (QED) is 0.578. The molecule has 0 radical (unpaired) electrons. The van der Waals surface area contributed by atoms with Gasteiger partial charge in [-0.2, -0.15) is 0 Å². The van der Waals surface area contributed by atoms with Crippen LogP contribution in [0, 0.1) is 0 Å². The fraction of sp³-hybridized carbons (Fsp3) is 0.316. The summed E-state index contributed by atoms with van der Waals surface area (Å²) in [7, 11) is 1.66. The zero-order valence-electron chi connectivity index (χ0n) is 14.2. The number of nitrogens with two attached hydrogens (primary N) is 1. The van der Waals surface area contributed by atoms with Gasteiger partial charge in [-0.3, -0.25) is 0 Å². The fourth-order valence-corrected chi connectivity index (χ4v) is 2.24. The van der Waals surface area contributed by atoms with Gasteiger partial charge >= 0.3 is 0 Å². The normalized spacial score (nSPS) is 12.7. The minimum Gasteiger partial charge on any atom is -0.489 e. The van der Waals surface area contributed by atoms with E-state index in [0.29, 0.717) is 25.7 Å². The second-order valence-electron chi connectivity index (χ2n) is 5.62. The van der Waals surface area contributed by atoms with E-state index in [2.05, 4.69) is 10.3 Å². The number of hydrogen-bond acceptors (Lipinski definition) is 3. The highest BCUT2D eigenvalue weighted by molar-refractivity contribution is 5.78. The molecule has 0 fully saturated rings. The molecular weight excluding hydrogens is 302 g/mol. The van der Waals surface area contributed by atoms with Crippen molar-refractivity contribution in [3.8, 4) is 5.75 Å². The molecule has 128 valence electrons. The summed E-state index contributed by atoms with van der Waals surface area (Å²) in [6, 6.07) is 18.1. The Hall–Kier alpha value is -2.53. The molecule has 0 spiro atoms. The maximum Gasteiger partial charge on any atom is 0.189 e. The predicted molar refractivity (Wildman–Crippen MR) is 97.0 cm³/mol. The molecule has 0 aromatic heterocycles. The largest absolute Gasteiger partial charge is 0.489 e. The molecule has 24 heavy (non-hydrogen) atoms. The Morgan fingerprint density at radius 1 is 1.12 bits per heavy atom. The molecule has 5 heteroatoms. The van der Waals surface area contributed by atoms with E-state index < -0.39 is 0 Å². The second-order valence-corrected chi connectivity index (χ2v) is 5.62. The second kappa shape index (κ2) is 9.57. The molecule has 0 bridgehead atoms. The molecule has 5 nitrogen and oxygen atoms in total. The van der Waals surface area contributed by atoms with E-state index in [1.54, 1.807) is 7.11 Å². The molecule has 0 aliphatic rings. The van der Waals surface area contributed by atoms with Crippen molar-refractivity contribution < 1.29 is 9.47 Å². The Balaban J connectivity index is 1.88. The van der Waals surface area contributed by atoms with Gasteiger partial charge in [0.2, 0.25) is 0 Å². The van der Waals surface area contributed by atoms with Gasteiger partial charge in [0.15, 0.2) is 5.96 Å². The van der Waals surface area contributed by atoms with Gasteiger partial charge in [-0.15, -0.1) is 0 Å². The number of hydrogen-bond donors (Lipinski definition) is 2. The molecule has 0 aliphatic carbocycles. The molecule has 2 aromatic rings. The average Bonchev–Trinajstić information content (AvgIpc) is 2.60. The van der Waals surface area contributed by atoms with Gasteiger partial charge in [-0.05, 0) is 30.2 Å². The van der Waals surface area contributed by atoms with Gasteiger partial charge in [-0.25, -0.2) is 4.99 Å². The summed E-state index contributed by atoms with van der Waals surface area (Å²) in [4.78, 5) is 4.35. The van der Waals surface area contributed by atoms with Gasteiger partial charge in [0, 0.05) is 13.2 Å². The van der Waals surface area contributed by atoms with Crippen molar-refractivity contribution >= 4 is 5.96 Å². The minimum atomic E-state index is 0.124. The third-order valence-corrected chi connectivity index (χ3v) is 3.39. The SMILES string of the molecule is COCC(C)NC(N)=NCc1cccc(OCc2ccccc2)c1. The first-order valence-corrected chi connectivity index (χ1v) is 7.98. The van der Waals surface area contributed by atoms with E-state index >= 15 is 0 Å². The van der Waals surface area contributed by atoms with Gasteiger partial charge < -0.3 is 20.5 Å². The van der Waals surface area contributed by atoms with Crippen LogP contribution in [0.1, 0.15) is 18.1 Å². The maximum absolute atomic E-state index is 5.88. The van der Waals surface area contributed by atoms with E-state index in [-0.39, 0.29) is 6.04 Å². The van der Waals surface area contributed by atoms with Gasteiger partial charge in [0.05, 0.1) is 13.2 Å². The smallest absolute Gasteiger partial charge is 0.189 e. The third kappa shape index (κ3) is 6.30. The van der Waals surface area contributed by atoms with E-state index in [9.17, 15) is 0 Å². The number of ether oxygens (including phenoxy) is 2. The Labute approximate surface area is 143 Å². The number of rotatable bonds is 8. The number of methoxy groups -OCH3 is 1. The molecule has 0 saturated heterocycles. The predicted octanol–water partition coefficient (Wildman–Crippen LogP) is 2.70. The Morgan fingerprint density at radius 3 is 2.62 bits per heavy atom. The molecule has 2 rings (SSSR count). The van der Waals surface area contributed by atoms with Gasteiger partial charge in [0.1, 0.15) is 12.4 Å². The first-order valence-electron chi connectivity index (χ1n) is 7.98. The molecule has 0 amide bonds. The van der Waals surface area contributed by atoms with Crippen molar-refractivity contribution in [3.05, 3.63) is 65.7 Å². The Morgan fingerprint density at radius 2 is 1.88 bits per heavy atom.